The molecular weight excluding hydrogens is 507 g/mol. The van der Waals surface area contributed by atoms with Crippen LogP contribution in [0.15, 0.2) is 36.4 Å². The summed E-state index contributed by atoms with van der Waals surface area (Å²) in [4.78, 5) is 34.7. The minimum absolute atomic E-state index is 0.0937. The molecule has 0 bridgehead atoms. The van der Waals surface area contributed by atoms with Gasteiger partial charge in [0.1, 0.15) is 11.6 Å². The van der Waals surface area contributed by atoms with Gasteiger partial charge in [-0.25, -0.2) is 4.39 Å². The first-order valence-corrected chi connectivity index (χ1v) is 14.5. The highest BCUT2D eigenvalue weighted by atomic mass is 19.1. The third kappa shape index (κ3) is 5.88. The molecule has 1 saturated carbocycles. The number of morpholine rings is 1. The van der Waals surface area contributed by atoms with Gasteiger partial charge in [-0.05, 0) is 54.2 Å². The lowest BCUT2D eigenvalue weighted by molar-refractivity contribution is -0.119. The Balaban J connectivity index is 1.12. The van der Waals surface area contributed by atoms with Crippen molar-refractivity contribution in [2.75, 3.05) is 57.8 Å². The molecular formula is C32H37FN4O3. The Bertz CT molecular complexity index is 1360. The molecule has 2 fully saturated rings. The molecule has 2 aromatic rings. The van der Waals surface area contributed by atoms with Crippen LogP contribution in [-0.2, 0) is 22.4 Å². The zero-order valence-electron chi connectivity index (χ0n) is 23.1. The number of amides is 1. The van der Waals surface area contributed by atoms with E-state index in [1.54, 1.807) is 17.0 Å². The molecule has 1 amide bonds. The molecule has 1 saturated heterocycles. The highest BCUT2D eigenvalue weighted by molar-refractivity contribution is 5.95. The summed E-state index contributed by atoms with van der Waals surface area (Å²) >= 11 is 0. The van der Waals surface area contributed by atoms with E-state index in [-0.39, 0.29) is 23.5 Å². The maximum Gasteiger partial charge on any atom is 0.254 e. The van der Waals surface area contributed by atoms with Crippen LogP contribution in [0.25, 0.3) is 11.6 Å². The zero-order valence-corrected chi connectivity index (χ0v) is 23.1. The fourth-order valence-electron chi connectivity index (χ4n) is 5.96. The SMILES string of the molecule is CC1CN(C(=O)c2ccc(NCCN3CCOCC3)c(F)c2)CC=C1c1cc(CC(=O)C2CC2)nc2c1C=CC2. The van der Waals surface area contributed by atoms with Crippen LogP contribution in [0.2, 0.25) is 0 Å². The number of aromatic nitrogens is 1. The van der Waals surface area contributed by atoms with Gasteiger partial charge >= 0.3 is 0 Å². The Morgan fingerprint density at radius 3 is 2.75 bits per heavy atom. The van der Waals surface area contributed by atoms with E-state index in [4.69, 9.17) is 9.72 Å². The number of ketones is 1. The number of nitrogens with one attached hydrogen (secondary N) is 1. The molecule has 0 radical (unpaired) electrons. The molecule has 210 valence electrons. The number of nitrogens with zero attached hydrogens (tertiary/aromatic N) is 3. The Morgan fingerprint density at radius 1 is 1.18 bits per heavy atom. The van der Waals surface area contributed by atoms with Crippen molar-refractivity contribution in [1.29, 1.82) is 0 Å². The van der Waals surface area contributed by atoms with Crippen LogP contribution in [0.5, 0.6) is 0 Å². The molecule has 1 aromatic heterocycles. The number of anilines is 1. The first-order chi connectivity index (χ1) is 19.5. The molecule has 2 aliphatic heterocycles. The van der Waals surface area contributed by atoms with E-state index in [1.165, 1.54) is 11.6 Å². The molecule has 1 aromatic carbocycles. The normalized spacial score (nSPS) is 20.8. The maximum absolute atomic E-state index is 14.9. The Hall–Kier alpha value is -3.36. The molecule has 1 atom stereocenters. The summed E-state index contributed by atoms with van der Waals surface area (Å²) in [6.07, 6.45) is 9.52. The van der Waals surface area contributed by atoms with Gasteiger partial charge < -0.3 is 15.0 Å². The summed E-state index contributed by atoms with van der Waals surface area (Å²) in [6, 6.07) is 6.78. The second-order valence-corrected chi connectivity index (χ2v) is 11.4. The van der Waals surface area contributed by atoms with Crippen molar-refractivity contribution in [1.82, 2.24) is 14.8 Å². The van der Waals surface area contributed by atoms with Crippen molar-refractivity contribution >= 4 is 29.0 Å². The van der Waals surface area contributed by atoms with Gasteiger partial charge in [-0.3, -0.25) is 19.5 Å². The third-order valence-corrected chi connectivity index (χ3v) is 8.39. The predicted octanol–water partition coefficient (Wildman–Crippen LogP) is 4.23. The predicted molar refractivity (Wildman–Crippen MR) is 154 cm³/mol. The largest absolute Gasteiger partial charge is 0.381 e. The number of benzene rings is 1. The first kappa shape index (κ1) is 26.8. The van der Waals surface area contributed by atoms with Crippen molar-refractivity contribution < 1.29 is 18.7 Å². The molecule has 40 heavy (non-hydrogen) atoms. The lowest BCUT2D eigenvalue weighted by Crippen LogP contribution is -2.39. The van der Waals surface area contributed by atoms with Crippen LogP contribution >= 0.6 is 0 Å². The summed E-state index contributed by atoms with van der Waals surface area (Å²) < 4.78 is 20.3. The van der Waals surface area contributed by atoms with Gasteiger partial charge in [-0.15, -0.1) is 0 Å². The van der Waals surface area contributed by atoms with Gasteiger partial charge in [0.15, 0.2) is 0 Å². The number of rotatable bonds is 9. The average molecular weight is 545 g/mol. The second-order valence-electron chi connectivity index (χ2n) is 11.4. The average Bonchev–Trinajstić information content (AvgIpc) is 3.71. The molecule has 7 nitrogen and oxygen atoms in total. The molecule has 1 unspecified atom stereocenters. The fourth-order valence-corrected chi connectivity index (χ4v) is 5.96. The molecule has 4 aliphatic rings. The minimum atomic E-state index is -0.415. The number of hydrogen-bond donors (Lipinski definition) is 1. The quantitative estimate of drug-likeness (QED) is 0.509. The van der Waals surface area contributed by atoms with E-state index in [2.05, 4.69) is 41.4 Å². The highest BCUT2D eigenvalue weighted by Crippen LogP contribution is 2.36. The van der Waals surface area contributed by atoms with Crippen molar-refractivity contribution in [3.8, 4) is 0 Å². The third-order valence-electron chi connectivity index (χ3n) is 8.39. The Kier molecular flexibility index (Phi) is 7.80. The van der Waals surface area contributed by atoms with Crippen LogP contribution in [-0.4, -0.2) is 79.0 Å². The van der Waals surface area contributed by atoms with Crippen LogP contribution in [0.3, 0.4) is 0 Å². The van der Waals surface area contributed by atoms with E-state index < -0.39 is 5.82 Å². The summed E-state index contributed by atoms with van der Waals surface area (Å²) in [5.74, 6) is 0.0142. The topological polar surface area (TPSA) is 74.8 Å². The number of carbonyl (C=O) groups excluding carboxylic acids is 2. The lowest BCUT2D eigenvalue weighted by atomic mass is 9.87. The Morgan fingerprint density at radius 2 is 2.00 bits per heavy atom. The number of carbonyl (C=O) groups is 2. The van der Waals surface area contributed by atoms with Gasteiger partial charge in [0.05, 0.1) is 24.6 Å². The van der Waals surface area contributed by atoms with Crippen molar-refractivity contribution in [3.05, 3.63) is 70.3 Å². The molecule has 2 aliphatic carbocycles. The number of halogens is 1. The van der Waals surface area contributed by atoms with E-state index in [0.29, 0.717) is 37.3 Å². The molecule has 6 rings (SSSR count). The number of ether oxygens (including phenoxy) is 1. The van der Waals surface area contributed by atoms with Crippen LogP contribution < -0.4 is 5.32 Å². The van der Waals surface area contributed by atoms with Gasteiger partial charge in [-0.2, -0.15) is 0 Å². The van der Waals surface area contributed by atoms with E-state index in [9.17, 15) is 14.0 Å². The first-order valence-electron chi connectivity index (χ1n) is 14.5. The maximum atomic E-state index is 14.9. The monoisotopic (exact) mass is 544 g/mol. The van der Waals surface area contributed by atoms with E-state index in [1.807, 2.05) is 0 Å². The zero-order chi connectivity index (χ0) is 27.6. The van der Waals surface area contributed by atoms with Gasteiger partial charge in [0.2, 0.25) is 0 Å². The standard InChI is InChI=1S/C32H37FN4O3/c1-21-20-37(32(39)23-7-8-30(28(33)17-23)34-10-12-36-13-15-40-16-14-36)11-9-25(21)27-18-24(19-31(38)22-5-6-22)35-29-4-2-3-26(27)29/h2-3,7-9,17-18,21-22,34H,4-6,10-16,19-20H2,1H3. The summed E-state index contributed by atoms with van der Waals surface area (Å²) in [6.45, 7) is 7.83. The number of pyridine rings is 1. The molecule has 0 spiro atoms. The van der Waals surface area contributed by atoms with Crippen molar-refractivity contribution in [2.45, 2.75) is 32.6 Å². The number of Topliss-reactive ketones (excluding diaryl/α,β-unsaturated/α-hetero) is 1. The summed E-state index contributed by atoms with van der Waals surface area (Å²) in [5, 5.41) is 3.16. The van der Waals surface area contributed by atoms with Gasteiger partial charge in [-0.1, -0.05) is 25.2 Å². The number of allylic oxidation sites excluding steroid dienone is 1. The molecule has 8 heteroatoms. The number of fused-ring (bicyclic) bond motifs is 1. The van der Waals surface area contributed by atoms with Gasteiger partial charge in [0.25, 0.3) is 5.91 Å². The second kappa shape index (κ2) is 11.6. The summed E-state index contributed by atoms with van der Waals surface area (Å²) in [7, 11) is 0. The van der Waals surface area contributed by atoms with E-state index >= 15 is 0 Å². The van der Waals surface area contributed by atoms with Crippen LogP contribution in [0.1, 0.15) is 52.6 Å². The summed E-state index contributed by atoms with van der Waals surface area (Å²) in [5.41, 5.74) is 6.06. The van der Waals surface area contributed by atoms with Crippen molar-refractivity contribution in [3.63, 3.8) is 0 Å². The molecule has 1 N–H and O–H groups in total. The Labute approximate surface area is 235 Å². The lowest BCUT2D eigenvalue weighted by Gasteiger charge is -2.32. The van der Waals surface area contributed by atoms with Crippen LogP contribution in [0.4, 0.5) is 10.1 Å². The fraction of sp³-hybridized carbons (Fsp3) is 0.469. The highest BCUT2D eigenvalue weighted by Gasteiger charge is 2.31. The van der Waals surface area contributed by atoms with Crippen molar-refractivity contribution in [2.24, 2.45) is 11.8 Å². The molecule has 3 heterocycles. The van der Waals surface area contributed by atoms with E-state index in [0.717, 1.165) is 74.6 Å². The minimum Gasteiger partial charge on any atom is -0.381 e. The van der Waals surface area contributed by atoms with Gasteiger partial charge in [0, 0.05) is 74.8 Å². The smallest absolute Gasteiger partial charge is 0.254 e. The van der Waals surface area contributed by atoms with Crippen LogP contribution in [0, 0.1) is 17.7 Å². The number of hydrogen-bond acceptors (Lipinski definition) is 6.